The highest BCUT2D eigenvalue weighted by Gasteiger charge is 2.16. The van der Waals surface area contributed by atoms with Crippen molar-refractivity contribution >= 4 is 40.9 Å². The predicted octanol–water partition coefficient (Wildman–Crippen LogP) is 3.83. The Morgan fingerprint density at radius 1 is 1.15 bits per heavy atom. The Hall–Kier alpha value is -3.19. The van der Waals surface area contributed by atoms with Crippen molar-refractivity contribution in [2.75, 3.05) is 5.32 Å². The summed E-state index contributed by atoms with van der Waals surface area (Å²) < 4.78 is 5.02. The van der Waals surface area contributed by atoms with Crippen LogP contribution in [0.1, 0.15) is 12.5 Å². The van der Waals surface area contributed by atoms with Gasteiger partial charge in [-0.3, -0.25) is 14.9 Å². The molecule has 0 bridgehead atoms. The number of amides is 1. The van der Waals surface area contributed by atoms with Crippen molar-refractivity contribution in [3.8, 4) is 0 Å². The van der Waals surface area contributed by atoms with Gasteiger partial charge in [0, 0.05) is 28.9 Å². The molecule has 0 aliphatic rings. The molecule has 0 fully saturated rings. The van der Waals surface area contributed by atoms with Gasteiger partial charge >= 0.3 is 5.97 Å². The molecule has 2 rings (SSSR count). The fourth-order valence-electron chi connectivity index (χ4n) is 1.92. The zero-order chi connectivity index (χ0) is 19.1. The summed E-state index contributed by atoms with van der Waals surface area (Å²) >= 11 is 5.77. The quantitative estimate of drug-likeness (QED) is 0.358. The normalized spacial score (nSPS) is 11.8. The molecule has 0 spiro atoms. The number of non-ortho nitro benzene ring substituents is 1. The average Bonchev–Trinajstić information content (AvgIpc) is 2.62. The van der Waals surface area contributed by atoms with Crippen LogP contribution in [0.2, 0.25) is 5.02 Å². The maximum atomic E-state index is 12.0. The summed E-state index contributed by atoms with van der Waals surface area (Å²) in [6, 6.07) is 12.2. The molecule has 2 aromatic carbocycles. The van der Waals surface area contributed by atoms with Crippen LogP contribution in [0, 0.1) is 10.1 Å². The minimum absolute atomic E-state index is 0.0442. The van der Waals surface area contributed by atoms with Crippen LogP contribution in [0.4, 0.5) is 11.4 Å². The van der Waals surface area contributed by atoms with E-state index in [2.05, 4.69) is 5.32 Å². The van der Waals surface area contributed by atoms with Crippen molar-refractivity contribution in [1.29, 1.82) is 0 Å². The van der Waals surface area contributed by atoms with Gasteiger partial charge in [-0.1, -0.05) is 11.6 Å². The number of nitrogens with zero attached hydrogens (tertiary/aromatic N) is 1. The number of benzene rings is 2. The second kappa shape index (κ2) is 8.77. The smallest absolute Gasteiger partial charge is 0.331 e. The Morgan fingerprint density at radius 3 is 2.35 bits per heavy atom. The topological polar surface area (TPSA) is 98.5 Å². The van der Waals surface area contributed by atoms with Crippen LogP contribution >= 0.6 is 11.6 Å². The molecule has 0 heterocycles. The van der Waals surface area contributed by atoms with E-state index in [1.807, 2.05) is 0 Å². The molecule has 0 unspecified atom stereocenters. The molecule has 0 aliphatic heterocycles. The van der Waals surface area contributed by atoms with Gasteiger partial charge in [-0.2, -0.15) is 0 Å². The lowest BCUT2D eigenvalue weighted by Crippen LogP contribution is -2.29. The number of nitrogens with one attached hydrogen (secondary N) is 1. The molecule has 0 aliphatic carbocycles. The van der Waals surface area contributed by atoms with Crippen LogP contribution in [-0.2, 0) is 14.3 Å². The van der Waals surface area contributed by atoms with E-state index in [4.69, 9.17) is 16.3 Å². The zero-order valence-electron chi connectivity index (χ0n) is 13.7. The van der Waals surface area contributed by atoms with Crippen LogP contribution in [0.15, 0.2) is 54.6 Å². The van der Waals surface area contributed by atoms with Crippen molar-refractivity contribution in [3.05, 3.63) is 75.3 Å². The number of carbonyl (C=O) groups is 2. The van der Waals surface area contributed by atoms with Gasteiger partial charge in [-0.05, 0) is 55.0 Å². The number of rotatable bonds is 6. The van der Waals surface area contributed by atoms with Crippen molar-refractivity contribution in [3.63, 3.8) is 0 Å². The number of nitro groups is 1. The summed E-state index contributed by atoms with van der Waals surface area (Å²) in [6.45, 7) is 1.45. The SMILES string of the molecule is C[C@H](OC(=O)/C=C/c1ccc([N+](=O)[O-])cc1)C(=O)Nc1ccc(Cl)cc1. The lowest BCUT2D eigenvalue weighted by atomic mass is 10.2. The highest BCUT2D eigenvalue weighted by atomic mass is 35.5. The number of ether oxygens (including phenoxy) is 1. The minimum atomic E-state index is -1.00. The van der Waals surface area contributed by atoms with Crippen LogP contribution in [0.3, 0.4) is 0 Å². The first-order valence-corrected chi connectivity index (χ1v) is 7.92. The number of nitro benzene ring substituents is 1. The van der Waals surface area contributed by atoms with Gasteiger partial charge in [0.25, 0.3) is 11.6 Å². The van der Waals surface area contributed by atoms with Crippen LogP contribution < -0.4 is 5.32 Å². The predicted molar refractivity (Wildman–Crippen MR) is 97.8 cm³/mol. The lowest BCUT2D eigenvalue weighted by Gasteiger charge is -2.12. The van der Waals surface area contributed by atoms with Crippen LogP contribution in [0.5, 0.6) is 0 Å². The molecule has 0 radical (unpaired) electrons. The molecule has 0 saturated carbocycles. The highest BCUT2D eigenvalue weighted by Crippen LogP contribution is 2.14. The van der Waals surface area contributed by atoms with E-state index in [9.17, 15) is 19.7 Å². The molecular weight excluding hydrogens is 360 g/mol. The van der Waals surface area contributed by atoms with Crippen LogP contribution in [-0.4, -0.2) is 22.9 Å². The van der Waals surface area contributed by atoms with Gasteiger partial charge in [0.1, 0.15) is 0 Å². The number of halogens is 1. The Balaban J connectivity index is 1.88. The van der Waals surface area contributed by atoms with E-state index in [0.717, 1.165) is 6.08 Å². The molecule has 0 aromatic heterocycles. The third kappa shape index (κ3) is 5.71. The number of esters is 1. The third-order valence-electron chi connectivity index (χ3n) is 3.29. The van der Waals surface area contributed by atoms with Gasteiger partial charge < -0.3 is 10.1 Å². The Bertz CT molecular complexity index is 832. The molecular formula is C18H15ClN2O5. The molecule has 1 amide bonds. The van der Waals surface area contributed by atoms with Crippen molar-refractivity contribution in [1.82, 2.24) is 0 Å². The van der Waals surface area contributed by atoms with E-state index in [-0.39, 0.29) is 5.69 Å². The van der Waals surface area contributed by atoms with Crippen molar-refractivity contribution in [2.45, 2.75) is 13.0 Å². The van der Waals surface area contributed by atoms with E-state index in [0.29, 0.717) is 16.3 Å². The second-order valence-electron chi connectivity index (χ2n) is 5.26. The molecule has 134 valence electrons. The van der Waals surface area contributed by atoms with Crippen LogP contribution in [0.25, 0.3) is 6.08 Å². The number of carbonyl (C=O) groups excluding carboxylic acids is 2. The fraction of sp³-hybridized carbons (Fsp3) is 0.111. The molecule has 1 N–H and O–H groups in total. The van der Waals surface area contributed by atoms with E-state index in [1.54, 1.807) is 24.3 Å². The average molecular weight is 375 g/mol. The summed E-state index contributed by atoms with van der Waals surface area (Å²) in [5.74, 6) is -1.19. The summed E-state index contributed by atoms with van der Waals surface area (Å²) in [5, 5.41) is 13.7. The maximum Gasteiger partial charge on any atom is 0.331 e. The third-order valence-corrected chi connectivity index (χ3v) is 3.54. The Kier molecular flexibility index (Phi) is 6.46. The van der Waals surface area contributed by atoms with E-state index < -0.39 is 22.9 Å². The molecule has 8 heteroatoms. The second-order valence-corrected chi connectivity index (χ2v) is 5.69. The molecule has 2 aromatic rings. The van der Waals surface area contributed by atoms with Crippen molar-refractivity contribution in [2.24, 2.45) is 0 Å². The van der Waals surface area contributed by atoms with E-state index in [1.165, 1.54) is 37.3 Å². The first-order valence-electron chi connectivity index (χ1n) is 7.55. The zero-order valence-corrected chi connectivity index (χ0v) is 14.5. The molecule has 7 nitrogen and oxygen atoms in total. The minimum Gasteiger partial charge on any atom is -0.449 e. The van der Waals surface area contributed by atoms with Crippen molar-refractivity contribution < 1.29 is 19.2 Å². The largest absolute Gasteiger partial charge is 0.449 e. The fourth-order valence-corrected chi connectivity index (χ4v) is 2.04. The molecule has 0 saturated heterocycles. The lowest BCUT2D eigenvalue weighted by molar-refractivity contribution is -0.384. The molecule has 26 heavy (non-hydrogen) atoms. The van der Waals surface area contributed by atoms with Gasteiger partial charge in [-0.15, -0.1) is 0 Å². The number of hydrogen-bond donors (Lipinski definition) is 1. The monoisotopic (exact) mass is 374 g/mol. The van der Waals surface area contributed by atoms with Gasteiger partial charge in [0.2, 0.25) is 0 Å². The van der Waals surface area contributed by atoms with Gasteiger partial charge in [-0.25, -0.2) is 4.79 Å². The van der Waals surface area contributed by atoms with Gasteiger partial charge in [0.15, 0.2) is 6.10 Å². The molecule has 1 atom stereocenters. The highest BCUT2D eigenvalue weighted by molar-refractivity contribution is 6.30. The summed E-state index contributed by atoms with van der Waals surface area (Å²) in [6.07, 6.45) is 1.59. The first-order chi connectivity index (χ1) is 12.3. The van der Waals surface area contributed by atoms with E-state index >= 15 is 0 Å². The Labute approximate surface area is 154 Å². The first kappa shape index (κ1) is 19.1. The standard InChI is InChI=1S/C18H15ClN2O5/c1-12(18(23)20-15-7-5-14(19)6-8-15)26-17(22)11-4-13-2-9-16(10-3-13)21(24)25/h2-12H,1H3,(H,20,23)/b11-4+/t12-/m0/s1. The maximum absolute atomic E-state index is 12.0. The van der Waals surface area contributed by atoms with Gasteiger partial charge in [0.05, 0.1) is 4.92 Å². The summed E-state index contributed by atoms with van der Waals surface area (Å²) in [4.78, 5) is 33.9. The number of hydrogen-bond acceptors (Lipinski definition) is 5. The number of anilines is 1. The Morgan fingerprint density at radius 2 is 1.77 bits per heavy atom. The summed E-state index contributed by atoms with van der Waals surface area (Å²) in [5.41, 5.74) is 1.08. The summed E-state index contributed by atoms with van der Waals surface area (Å²) in [7, 11) is 0.